The van der Waals surface area contributed by atoms with E-state index in [2.05, 4.69) is 4.98 Å². The standard InChI is InChI=1S/C22H27N3O6S/c1-4-25(11-5-13-32(27,28)29)17-7-9-19-21(15-17)31-20-14-16(6-8-18(20)23-19)24(2)12-10-22(26)30-3/h6-9,14-15H,4-5,10-13H2,1-3H3/p+1. The van der Waals surface area contributed by atoms with Crippen LogP contribution in [0.2, 0.25) is 0 Å². The molecule has 0 spiro atoms. The van der Waals surface area contributed by atoms with Crippen LogP contribution in [0.25, 0.3) is 22.6 Å². The van der Waals surface area contributed by atoms with Gasteiger partial charge >= 0.3 is 5.97 Å². The Bertz CT molecular complexity index is 1250. The van der Waals surface area contributed by atoms with Gasteiger partial charge < -0.3 is 14.1 Å². The zero-order valence-electron chi connectivity index (χ0n) is 18.4. The first kappa shape index (κ1) is 23.7. The summed E-state index contributed by atoms with van der Waals surface area (Å²) < 4.78 is 43.7. The molecule has 10 heteroatoms. The van der Waals surface area contributed by atoms with Gasteiger partial charge in [-0.05, 0) is 31.5 Å². The van der Waals surface area contributed by atoms with Gasteiger partial charge in [0.05, 0.1) is 18.9 Å². The first-order valence-corrected chi connectivity index (χ1v) is 12.0. The molecule has 3 rings (SSSR count). The third-order valence-electron chi connectivity index (χ3n) is 5.24. The molecule has 9 nitrogen and oxygen atoms in total. The topological polar surface area (TPSA) is 113 Å². The molecule has 32 heavy (non-hydrogen) atoms. The Labute approximate surface area is 187 Å². The van der Waals surface area contributed by atoms with Crippen molar-refractivity contribution in [1.82, 2.24) is 9.56 Å². The van der Waals surface area contributed by atoms with Crippen LogP contribution < -0.4 is 14.8 Å². The number of rotatable bonds is 9. The molecule has 0 aromatic heterocycles. The van der Waals surface area contributed by atoms with E-state index < -0.39 is 10.1 Å². The van der Waals surface area contributed by atoms with Crippen molar-refractivity contribution in [1.29, 1.82) is 0 Å². The molecule has 0 saturated heterocycles. The highest BCUT2D eigenvalue weighted by Gasteiger charge is 2.14. The van der Waals surface area contributed by atoms with E-state index in [0.717, 1.165) is 16.7 Å². The van der Waals surface area contributed by atoms with Gasteiger partial charge in [0.1, 0.15) is 24.7 Å². The molecule has 2 aliphatic rings. The minimum absolute atomic E-state index is 0.264. The number of esters is 1. The Kier molecular flexibility index (Phi) is 7.47. The van der Waals surface area contributed by atoms with Crippen molar-refractivity contribution in [2.45, 2.75) is 19.8 Å². The number of ether oxygens (including phenoxy) is 1. The molecule has 0 unspecified atom stereocenters. The molecular weight excluding hydrogens is 434 g/mol. The average molecular weight is 463 g/mol. The van der Waals surface area contributed by atoms with E-state index in [1.54, 1.807) is 0 Å². The number of carbonyl (C=O) groups excluding carboxylic acids is 1. The van der Waals surface area contributed by atoms with Crippen LogP contribution in [0.5, 0.6) is 0 Å². The van der Waals surface area contributed by atoms with Crippen molar-refractivity contribution in [2.24, 2.45) is 0 Å². The quantitative estimate of drug-likeness (QED) is 0.222. The summed E-state index contributed by atoms with van der Waals surface area (Å²) in [7, 11) is -0.713. The van der Waals surface area contributed by atoms with E-state index in [9.17, 15) is 13.2 Å². The average Bonchev–Trinajstić information content (AvgIpc) is 2.77. The molecule has 0 radical (unpaired) electrons. The summed E-state index contributed by atoms with van der Waals surface area (Å²) >= 11 is 0. The SMILES string of the molecule is CCN(CCCS(=O)(=O)O)c1ccc2nc3ccc(=[N+](C)CCC(=O)OC)cc-3oc2c1. The summed E-state index contributed by atoms with van der Waals surface area (Å²) in [5.41, 5.74) is 2.92. The van der Waals surface area contributed by atoms with Crippen LogP contribution in [0.1, 0.15) is 19.8 Å². The van der Waals surface area contributed by atoms with E-state index in [1.165, 1.54) is 7.11 Å². The number of nitrogens with zero attached hydrogens (tertiary/aromatic N) is 3. The lowest BCUT2D eigenvalue weighted by Crippen LogP contribution is -2.28. The van der Waals surface area contributed by atoms with Crippen molar-refractivity contribution >= 4 is 32.9 Å². The normalized spacial score (nSPS) is 12.8. The Morgan fingerprint density at radius 2 is 2.03 bits per heavy atom. The van der Waals surface area contributed by atoms with E-state index in [-0.39, 0.29) is 18.1 Å². The van der Waals surface area contributed by atoms with Gasteiger partial charge in [0.25, 0.3) is 10.1 Å². The summed E-state index contributed by atoms with van der Waals surface area (Å²) in [6.07, 6.45) is 0.602. The highest BCUT2D eigenvalue weighted by molar-refractivity contribution is 7.85. The Morgan fingerprint density at radius 1 is 1.25 bits per heavy atom. The molecule has 1 aliphatic heterocycles. The molecule has 172 valence electrons. The number of benzene rings is 2. The number of hydrogen-bond acceptors (Lipinski definition) is 7. The van der Waals surface area contributed by atoms with Gasteiger partial charge in [-0.2, -0.15) is 8.42 Å². The smallest absolute Gasteiger partial charge is 0.311 e. The van der Waals surface area contributed by atoms with Crippen molar-refractivity contribution in [3.05, 3.63) is 41.8 Å². The van der Waals surface area contributed by atoms with Crippen molar-refractivity contribution in [3.8, 4) is 11.5 Å². The second kappa shape index (κ2) is 10.1. The molecule has 1 N–H and O–H groups in total. The molecule has 0 bridgehead atoms. The van der Waals surface area contributed by atoms with Crippen LogP contribution in [-0.4, -0.2) is 63.5 Å². The third kappa shape index (κ3) is 6.04. The van der Waals surface area contributed by atoms with Gasteiger partial charge in [0, 0.05) is 30.9 Å². The predicted octanol–water partition coefficient (Wildman–Crippen LogP) is 2.00. The lowest BCUT2D eigenvalue weighted by atomic mass is 10.2. The lowest BCUT2D eigenvalue weighted by molar-refractivity contribution is -0.140. The summed E-state index contributed by atoms with van der Waals surface area (Å²) in [4.78, 5) is 18.1. The largest absolute Gasteiger partial charge is 0.469 e. The molecule has 0 amide bonds. The third-order valence-corrected chi connectivity index (χ3v) is 6.05. The number of anilines is 1. The van der Waals surface area contributed by atoms with Crippen molar-refractivity contribution in [3.63, 3.8) is 0 Å². The fraction of sp³-hybridized carbons (Fsp3) is 0.409. The summed E-state index contributed by atoms with van der Waals surface area (Å²) in [5.74, 6) is 0.0750. The van der Waals surface area contributed by atoms with Gasteiger partial charge in [-0.15, -0.1) is 0 Å². The fourth-order valence-electron chi connectivity index (χ4n) is 3.43. The van der Waals surface area contributed by atoms with Crippen molar-refractivity contribution < 1.29 is 26.9 Å². The Hall–Kier alpha value is -2.98. The molecule has 0 atom stereocenters. The Balaban J connectivity index is 1.91. The van der Waals surface area contributed by atoms with E-state index >= 15 is 0 Å². The zero-order valence-corrected chi connectivity index (χ0v) is 19.3. The monoisotopic (exact) mass is 462 g/mol. The van der Waals surface area contributed by atoms with E-state index in [4.69, 9.17) is 13.7 Å². The molecular formula is C22H28N3O6S+. The lowest BCUT2D eigenvalue weighted by Gasteiger charge is -2.23. The van der Waals surface area contributed by atoms with Gasteiger partial charge in [0.15, 0.2) is 17.9 Å². The van der Waals surface area contributed by atoms with Crippen molar-refractivity contribution in [2.75, 3.05) is 44.4 Å². The number of fused-ring (bicyclic) bond motifs is 2. The van der Waals surface area contributed by atoms with Gasteiger partial charge in [-0.1, -0.05) is 0 Å². The highest BCUT2D eigenvalue weighted by Crippen LogP contribution is 2.27. The van der Waals surface area contributed by atoms with Crippen LogP contribution >= 0.6 is 0 Å². The van der Waals surface area contributed by atoms with Crippen LogP contribution in [0.4, 0.5) is 5.69 Å². The summed E-state index contributed by atoms with van der Waals surface area (Å²) in [6.45, 7) is 3.65. The minimum Gasteiger partial charge on any atom is -0.469 e. The van der Waals surface area contributed by atoms with E-state index in [1.807, 2.05) is 59.8 Å². The summed E-state index contributed by atoms with van der Waals surface area (Å²) in [5, 5.41) is 0.892. The van der Waals surface area contributed by atoms with Crippen LogP contribution in [0, 0.1) is 0 Å². The second-order valence-corrected chi connectivity index (χ2v) is 9.06. The molecule has 1 aliphatic carbocycles. The maximum absolute atomic E-state index is 11.4. The fourth-order valence-corrected chi connectivity index (χ4v) is 3.93. The molecule has 1 aromatic carbocycles. The number of carbonyl (C=O) groups is 1. The van der Waals surface area contributed by atoms with Crippen LogP contribution in [0.15, 0.2) is 40.8 Å². The number of aromatic nitrogens is 1. The molecule has 1 aromatic rings. The minimum atomic E-state index is -3.98. The predicted molar refractivity (Wildman–Crippen MR) is 122 cm³/mol. The zero-order chi connectivity index (χ0) is 23.3. The maximum Gasteiger partial charge on any atom is 0.311 e. The van der Waals surface area contributed by atoms with Crippen LogP contribution in [-0.2, 0) is 19.6 Å². The van der Waals surface area contributed by atoms with Gasteiger partial charge in [-0.25, -0.2) is 9.56 Å². The first-order chi connectivity index (χ1) is 15.2. The van der Waals surface area contributed by atoms with Gasteiger partial charge in [-0.3, -0.25) is 9.35 Å². The van der Waals surface area contributed by atoms with Gasteiger partial charge in [0.2, 0.25) is 5.36 Å². The molecule has 0 saturated carbocycles. The van der Waals surface area contributed by atoms with E-state index in [0.29, 0.717) is 42.9 Å². The highest BCUT2D eigenvalue weighted by atomic mass is 32.2. The maximum atomic E-state index is 11.4. The molecule has 0 fully saturated rings. The summed E-state index contributed by atoms with van der Waals surface area (Å²) in [6, 6.07) is 11.4. The first-order valence-electron chi connectivity index (χ1n) is 10.4. The van der Waals surface area contributed by atoms with Crippen LogP contribution in [0.3, 0.4) is 0 Å². The number of methoxy groups -OCH3 is 1. The number of hydrogen-bond donors (Lipinski definition) is 1. The Morgan fingerprint density at radius 3 is 2.72 bits per heavy atom. The molecule has 1 heterocycles. The second-order valence-electron chi connectivity index (χ2n) is 7.48.